The highest BCUT2D eigenvalue weighted by molar-refractivity contribution is 5.94. The van der Waals surface area contributed by atoms with E-state index in [1.54, 1.807) is 6.20 Å². The summed E-state index contributed by atoms with van der Waals surface area (Å²) in [5.41, 5.74) is 1.73. The van der Waals surface area contributed by atoms with Crippen molar-refractivity contribution < 1.29 is 9.63 Å². The van der Waals surface area contributed by atoms with Crippen molar-refractivity contribution in [2.45, 2.75) is 0 Å². The fourth-order valence-corrected chi connectivity index (χ4v) is 1.62. The Balaban J connectivity index is 2.32. The lowest BCUT2D eigenvalue weighted by molar-refractivity contribution is 0.404. The van der Waals surface area contributed by atoms with Gasteiger partial charge < -0.3 is 14.6 Å². The fraction of sp³-hybridized carbons (Fsp3) is 0. The number of aromatic nitrogens is 3. The molecule has 0 bridgehead atoms. The van der Waals surface area contributed by atoms with Gasteiger partial charge in [0.1, 0.15) is 0 Å². The number of aromatic hydroxyl groups is 1. The molecule has 0 saturated carbocycles. The molecule has 0 aliphatic rings. The van der Waals surface area contributed by atoms with Gasteiger partial charge in [0.15, 0.2) is 0 Å². The summed E-state index contributed by atoms with van der Waals surface area (Å²) in [6.45, 7) is 0. The van der Waals surface area contributed by atoms with E-state index in [-0.39, 0.29) is 11.6 Å². The van der Waals surface area contributed by atoms with Crippen LogP contribution in [0, 0.1) is 0 Å². The van der Waals surface area contributed by atoms with Crippen LogP contribution >= 0.6 is 0 Å². The average molecular weight is 201 g/mol. The summed E-state index contributed by atoms with van der Waals surface area (Å²) in [7, 11) is 0. The highest BCUT2D eigenvalue weighted by Crippen LogP contribution is 2.32. The third-order valence-corrected chi connectivity index (χ3v) is 2.30. The van der Waals surface area contributed by atoms with Gasteiger partial charge in [0.05, 0.1) is 5.56 Å². The molecular formula is C10H7N3O2. The summed E-state index contributed by atoms with van der Waals surface area (Å²) < 4.78 is 4.89. The molecule has 3 aromatic rings. The van der Waals surface area contributed by atoms with Crippen molar-refractivity contribution in [1.82, 2.24) is 15.4 Å². The van der Waals surface area contributed by atoms with E-state index >= 15 is 0 Å². The van der Waals surface area contributed by atoms with E-state index in [0.717, 1.165) is 16.5 Å². The summed E-state index contributed by atoms with van der Waals surface area (Å²) in [5.74, 6) is 0.0900. The van der Waals surface area contributed by atoms with Crippen LogP contribution in [-0.4, -0.2) is 20.5 Å². The normalized spacial score (nSPS) is 10.9. The number of nitrogens with one attached hydrogen (secondary N) is 1. The number of nitrogens with zero attached hydrogens (tertiary/aromatic N) is 2. The van der Waals surface area contributed by atoms with Gasteiger partial charge in [0, 0.05) is 22.4 Å². The Bertz CT molecular complexity index is 612. The van der Waals surface area contributed by atoms with Crippen molar-refractivity contribution in [2.24, 2.45) is 0 Å². The molecule has 0 aliphatic heterocycles. The van der Waals surface area contributed by atoms with Gasteiger partial charge >= 0.3 is 0 Å². The first kappa shape index (κ1) is 8.05. The summed E-state index contributed by atoms with van der Waals surface area (Å²) in [4.78, 5) is 3.08. The second-order valence-corrected chi connectivity index (χ2v) is 3.17. The number of para-hydroxylation sites is 1. The third kappa shape index (κ3) is 1.10. The van der Waals surface area contributed by atoms with Gasteiger partial charge in [-0.05, 0) is 6.07 Å². The molecule has 0 unspecified atom stereocenters. The van der Waals surface area contributed by atoms with Crippen LogP contribution in [0.5, 0.6) is 5.88 Å². The summed E-state index contributed by atoms with van der Waals surface area (Å²) in [6, 6.07) is 7.73. The lowest BCUT2D eigenvalue weighted by Gasteiger charge is -1.92. The smallest absolute Gasteiger partial charge is 0.281 e. The van der Waals surface area contributed by atoms with Gasteiger partial charge in [0.25, 0.3) is 5.88 Å². The van der Waals surface area contributed by atoms with Gasteiger partial charge in [-0.2, -0.15) is 0 Å². The number of H-pyrrole nitrogens is 1. The summed E-state index contributed by atoms with van der Waals surface area (Å²) >= 11 is 0. The fourth-order valence-electron chi connectivity index (χ4n) is 1.62. The van der Waals surface area contributed by atoms with Crippen molar-refractivity contribution in [3.8, 4) is 17.2 Å². The quantitative estimate of drug-likeness (QED) is 0.630. The maximum Gasteiger partial charge on any atom is 0.281 e. The Morgan fingerprint density at radius 1 is 1.27 bits per heavy atom. The molecule has 74 valence electrons. The Morgan fingerprint density at radius 3 is 2.93 bits per heavy atom. The molecule has 2 N–H and O–H groups in total. The maximum absolute atomic E-state index is 9.40. The van der Waals surface area contributed by atoms with Crippen molar-refractivity contribution in [3.63, 3.8) is 0 Å². The molecular weight excluding hydrogens is 194 g/mol. The molecule has 0 radical (unpaired) electrons. The van der Waals surface area contributed by atoms with E-state index in [4.69, 9.17) is 4.52 Å². The second-order valence-electron chi connectivity index (χ2n) is 3.17. The minimum Gasteiger partial charge on any atom is -0.489 e. The van der Waals surface area contributed by atoms with Crippen LogP contribution in [0.4, 0.5) is 0 Å². The largest absolute Gasteiger partial charge is 0.489 e. The van der Waals surface area contributed by atoms with E-state index in [2.05, 4.69) is 15.4 Å². The lowest BCUT2D eigenvalue weighted by atomic mass is 10.1. The number of aromatic amines is 1. The van der Waals surface area contributed by atoms with Crippen LogP contribution in [0.25, 0.3) is 22.2 Å². The van der Waals surface area contributed by atoms with Gasteiger partial charge in [-0.25, -0.2) is 0 Å². The number of rotatable bonds is 1. The molecule has 5 nitrogen and oxygen atoms in total. The molecule has 2 aromatic heterocycles. The topological polar surface area (TPSA) is 74.9 Å². The van der Waals surface area contributed by atoms with Gasteiger partial charge in [-0.15, -0.1) is 0 Å². The number of hydrogen-bond acceptors (Lipinski definition) is 4. The molecule has 15 heavy (non-hydrogen) atoms. The Kier molecular flexibility index (Phi) is 1.53. The van der Waals surface area contributed by atoms with E-state index in [0.29, 0.717) is 0 Å². The van der Waals surface area contributed by atoms with Crippen molar-refractivity contribution in [1.29, 1.82) is 0 Å². The standard InChI is InChI=1S/C10H7N3O2/c14-10-9(15-13-12-10)7-5-11-8-4-2-1-3-6(7)8/h1-5,11,14H. The SMILES string of the molecule is Oc1nnoc1-c1c[nH]c2ccccc12. The number of hydrogen-bond donors (Lipinski definition) is 2. The van der Waals surface area contributed by atoms with Gasteiger partial charge in [-0.1, -0.05) is 23.3 Å². The first-order chi connectivity index (χ1) is 7.36. The molecule has 0 fully saturated rings. The van der Waals surface area contributed by atoms with Crippen LogP contribution in [0.1, 0.15) is 0 Å². The third-order valence-electron chi connectivity index (χ3n) is 2.30. The zero-order valence-electron chi connectivity index (χ0n) is 7.64. The second kappa shape index (κ2) is 2.84. The number of fused-ring (bicyclic) bond motifs is 1. The van der Waals surface area contributed by atoms with Crippen molar-refractivity contribution in [2.75, 3.05) is 0 Å². The molecule has 0 amide bonds. The minimum absolute atomic E-state index is 0.195. The van der Waals surface area contributed by atoms with E-state index < -0.39 is 0 Å². The van der Waals surface area contributed by atoms with Crippen LogP contribution in [0.3, 0.4) is 0 Å². The van der Waals surface area contributed by atoms with E-state index in [9.17, 15) is 5.11 Å². The predicted molar refractivity (Wildman–Crippen MR) is 53.3 cm³/mol. The minimum atomic E-state index is -0.195. The summed E-state index contributed by atoms with van der Waals surface area (Å²) in [5, 5.41) is 17.1. The molecule has 2 heterocycles. The Hall–Kier alpha value is -2.30. The molecule has 0 atom stereocenters. The molecule has 5 heteroatoms. The molecule has 0 spiro atoms. The average Bonchev–Trinajstić information content (AvgIpc) is 2.83. The number of benzene rings is 1. The zero-order chi connectivity index (χ0) is 10.3. The Morgan fingerprint density at radius 2 is 2.13 bits per heavy atom. The zero-order valence-corrected chi connectivity index (χ0v) is 7.64. The molecule has 0 aliphatic carbocycles. The van der Waals surface area contributed by atoms with Crippen LogP contribution in [0.15, 0.2) is 35.0 Å². The van der Waals surface area contributed by atoms with Crippen LogP contribution < -0.4 is 0 Å². The van der Waals surface area contributed by atoms with E-state index in [1.807, 2.05) is 24.3 Å². The Labute approximate surface area is 84.3 Å². The first-order valence-electron chi connectivity index (χ1n) is 4.44. The van der Waals surface area contributed by atoms with Gasteiger partial charge in [0.2, 0.25) is 5.76 Å². The van der Waals surface area contributed by atoms with E-state index in [1.165, 1.54) is 0 Å². The van der Waals surface area contributed by atoms with Crippen LogP contribution in [0.2, 0.25) is 0 Å². The molecule has 1 aromatic carbocycles. The highest BCUT2D eigenvalue weighted by Gasteiger charge is 2.15. The maximum atomic E-state index is 9.40. The lowest BCUT2D eigenvalue weighted by Crippen LogP contribution is -1.71. The van der Waals surface area contributed by atoms with Crippen molar-refractivity contribution in [3.05, 3.63) is 30.5 Å². The monoisotopic (exact) mass is 201 g/mol. The predicted octanol–water partition coefficient (Wildman–Crippen LogP) is 1.92. The first-order valence-corrected chi connectivity index (χ1v) is 4.44. The summed E-state index contributed by atoms with van der Waals surface area (Å²) in [6.07, 6.45) is 1.76. The molecule has 3 rings (SSSR count). The van der Waals surface area contributed by atoms with Crippen LogP contribution in [-0.2, 0) is 0 Å². The van der Waals surface area contributed by atoms with Crippen molar-refractivity contribution >= 4 is 10.9 Å². The van der Waals surface area contributed by atoms with Gasteiger partial charge in [-0.3, -0.25) is 0 Å². The molecule has 0 saturated heterocycles. The highest BCUT2D eigenvalue weighted by atomic mass is 16.5.